The van der Waals surface area contributed by atoms with E-state index < -0.39 is 0 Å². The quantitative estimate of drug-likeness (QED) is 0.125. The van der Waals surface area contributed by atoms with Crippen molar-refractivity contribution in [1.29, 1.82) is 0 Å². The molecule has 4 fully saturated rings. The van der Waals surface area contributed by atoms with Gasteiger partial charge in [-0.3, -0.25) is 0 Å². The van der Waals surface area contributed by atoms with E-state index in [-0.39, 0.29) is 27.8 Å². The average Bonchev–Trinajstić information content (AvgIpc) is 3.72. The molecule has 0 amide bonds. The Balaban J connectivity index is 1.17. The highest BCUT2D eigenvalue weighted by atomic mass is 16.6. The molecule has 4 aliphatic heterocycles. The molecule has 4 rings (SSSR count). The Morgan fingerprint density at radius 1 is 0.684 bits per heavy atom. The molecule has 0 bridgehead atoms. The Kier molecular flexibility index (Phi) is 9.01. The molecule has 4 saturated heterocycles. The van der Waals surface area contributed by atoms with Gasteiger partial charge in [0.15, 0.2) is 0 Å². The van der Waals surface area contributed by atoms with Gasteiger partial charge in [-0.1, -0.05) is 59.8 Å². The fourth-order valence-electron chi connectivity index (χ4n) is 6.17. The minimum absolute atomic E-state index is 0.0325. The van der Waals surface area contributed by atoms with Crippen molar-refractivity contribution in [1.82, 2.24) is 0 Å². The van der Waals surface area contributed by atoms with Crippen molar-refractivity contribution in [2.75, 3.05) is 26.4 Å². The summed E-state index contributed by atoms with van der Waals surface area (Å²) < 4.78 is 23.5. The zero-order valence-electron chi connectivity index (χ0n) is 25.9. The van der Waals surface area contributed by atoms with Crippen LogP contribution >= 0.6 is 0 Å². The highest BCUT2D eigenvalue weighted by Gasteiger charge is 2.52. The third kappa shape index (κ3) is 7.33. The molecule has 10 atom stereocenters. The lowest BCUT2D eigenvalue weighted by molar-refractivity contribution is 0.167. The molecular weight excluding hydrogens is 472 g/mol. The van der Waals surface area contributed by atoms with E-state index in [1.807, 2.05) is 0 Å². The van der Waals surface area contributed by atoms with Crippen LogP contribution in [0.25, 0.3) is 0 Å². The number of ether oxygens (including phenoxy) is 4. The van der Waals surface area contributed by atoms with Crippen LogP contribution in [0.4, 0.5) is 0 Å². The maximum atomic E-state index is 6.07. The molecule has 218 valence electrons. The molecule has 4 nitrogen and oxygen atoms in total. The highest BCUT2D eigenvalue weighted by molar-refractivity contribution is 5.09. The van der Waals surface area contributed by atoms with Gasteiger partial charge in [0.2, 0.25) is 0 Å². The van der Waals surface area contributed by atoms with Crippen molar-refractivity contribution in [3.63, 3.8) is 0 Å². The molecule has 0 aromatic heterocycles. The van der Waals surface area contributed by atoms with Crippen molar-refractivity contribution < 1.29 is 18.9 Å². The van der Waals surface area contributed by atoms with Crippen LogP contribution in [0.3, 0.4) is 0 Å². The first kappa shape index (κ1) is 30.3. The van der Waals surface area contributed by atoms with Crippen LogP contribution in [0, 0.1) is 35.0 Å². The minimum Gasteiger partial charge on any atom is -0.370 e. The number of hydrogen-bond acceptors (Lipinski definition) is 4. The number of rotatable bonds is 19. The normalized spacial score (nSPS) is 39.2. The maximum absolute atomic E-state index is 6.07. The van der Waals surface area contributed by atoms with E-state index in [0.717, 1.165) is 39.3 Å². The van der Waals surface area contributed by atoms with Crippen molar-refractivity contribution in [3.05, 3.63) is 24.8 Å². The summed E-state index contributed by atoms with van der Waals surface area (Å²) >= 11 is 0. The summed E-state index contributed by atoms with van der Waals surface area (Å²) in [6.07, 6.45) is 16.4. The van der Waals surface area contributed by atoms with E-state index in [2.05, 4.69) is 80.2 Å². The van der Waals surface area contributed by atoms with Crippen molar-refractivity contribution in [2.24, 2.45) is 35.0 Å². The topological polar surface area (TPSA) is 50.1 Å². The van der Waals surface area contributed by atoms with Gasteiger partial charge in [0.25, 0.3) is 0 Å². The van der Waals surface area contributed by atoms with Gasteiger partial charge in [-0.15, -0.1) is 6.58 Å². The Morgan fingerprint density at radius 2 is 1.13 bits per heavy atom. The zero-order valence-corrected chi connectivity index (χ0v) is 25.9. The first-order valence-electron chi connectivity index (χ1n) is 15.7. The predicted octanol–water partition coefficient (Wildman–Crippen LogP) is 8.15. The molecule has 0 saturated carbocycles. The van der Waals surface area contributed by atoms with Gasteiger partial charge >= 0.3 is 0 Å². The van der Waals surface area contributed by atoms with Crippen molar-refractivity contribution in [2.45, 2.75) is 129 Å². The summed E-state index contributed by atoms with van der Waals surface area (Å²) in [4.78, 5) is 0. The lowest BCUT2D eigenvalue weighted by Crippen LogP contribution is -2.27. The molecule has 0 radical (unpaired) electrons. The summed E-state index contributed by atoms with van der Waals surface area (Å²) in [5.41, 5.74) is 0.496. The third-order valence-electron chi connectivity index (χ3n) is 11.6. The van der Waals surface area contributed by atoms with E-state index in [1.165, 1.54) is 38.5 Å². The van der Waals surface area contributed by atoms with Crippen LogP contribution in [0.5, 0.6) is 0 Å². The van der Waals surface area contributed by atoms with E-state index in [1.54, 1.807) is 0 Å². The fourth-order valence-corrected chi connectivity index (χ4v) is 6.17. The molecular formula is C34H58O4. The second kappa shape index (κ2) is 11.3. The second-order valence-electron chi connectivity index (χ2n) is 14.8. The fraction of sp³-hybridized carbons (Fsp3) is 0.882. The van der Waals surface area contributed by atoms with E-state index in [0.29, 0.717) is 29.6 Å². The average molecular weight is 531 g/mol. The van der Waals surface area contributed by atoms with Crippen LogP contribution in [0.2, 0.25) is 0 Å². The van der Waals surface area contributed by atoms with Gasteiger partial charge in [-0.25, -0.2) is 0 Å². The highest BCUT2D eigenvalue weighted by Crippen LogP contribution is 2.47. The molecule has 10 unspecified atom stereocenters. The van der Waals surface area contributed by atoms with Crippen LogP contribution < -0.4 is 0 Å². The van der Waals surface area contributed by atoms with Crippen molar-refractivity contribution >= 4 is 0 Å². The Labute approximate surface area is 234 Å². The first-order chi connectivity index (χ1) is 17.8. The van der Waals surface area contributed by atoms with Gasteiger partial charge in [-0.2, -0.15) is 0 Å². The van der Waals surface area contributed by atoms with Crippen LogP contribution in [0.15, 0.2) is 24.8 Å². The Morgan fingerprint density at radius 3 is 1.53 bits per heavy atom. The number of hydrogen-bond donors (Lipinski definition) is 0. The standard InChI is InChI=1S/C34H58O4/c1-10-30(7,18-14-29(6)34(24-38-34)20-16-27(4)32(9)22-36-32)17-13-25(2)11-12-28(5)33(23-37-33)19-15-26(3)31(8)21-35-31/h10,13,17,25-29H,1,11-12,14-16,18-24H2,2-9H3/b17-13+. The molecule has 38 heavy (non-hydrogen) atoms. The Hall–Kier alpha value is -0.680. The zero-order chi connectivity index (χ0) is 27.8. The first-order valence-corrected chi connectivity index (χ1v) is 15.7. The minimum atomic E-state index is 0.0325. The summed E-state index contributed by atoms with van der Waals surface area (Å²) in [5.74, 6) is 2.96. The van der Waals surface area contributed by atoms with Gasteiger partial charge in [0.05, 0.1) is 48.8 Å². The summed E-state index contributed by atoms with van der Waals surface area (Å²) in [5, 5.41) is 0. The van der Waals surface area contributed by atoms with Crippen LogP contribution in [-0.2, 0) is 18.9 Å². The molecule has 4 heterocycles. The molecule has 0 aliphatic carbocycles. The number of epoxide rings is 4. The largest absolute Gasteiger partial charge is 0.370 e. The smallest absolute Gasteiger partial charge is 0.0942 e. The van der Waals surface area contributed by atoms with Gasteiger partial charge in [0.1, 0.15) is 0 Å². The monoisotopic (exact) mass is 530 g/mol. The summed E-state index contributed by atoms with van der Waals surface area (Å²) in [6.45, 7) is 26.6. The van der Waals surface area contributed by atoms with Crippen molar-refractivity contribution in [3.8, 4) is 0 Å². The van der Waals surface area contributed by atoms with Gasteiger partial charge in [-0.05, 0) is 94.8 Å². The Bertz CT molecular complexity index is 831. The van der Waals surface area contributed by atoms with Gasteiger partial charge in [0, 0.05) is 5.41 Å². The van der Waals surface area contributed by atoms with E-state index in [9.17, 15) is 0 Å². The SMILES string of the molecule is C=CC(C)(/C=C/C(C)CCC(C)C1(CCC(C)C2(C)CO2)CO1)CCC(C)C1(CCC(C)C2(C)CO2)CO1. The molecule has 4 heteroatoms. The number of allylic oxidation sites excluding steroid dienone is 3. The molecule has 4 aliphatic rings. The van der Waals surface area contributed by atoms with Gasteiger partial charge < -0.3 is 18.9 Å². The van der Waals surface area contributed by atoms with E-state index >= 15 is 0 Å². The van der Waals surface area contributed by atoms with Crippen LogP contribution in [0.1, 0.15) is 107 Å². The molecule has 0 N–H and O–H groups in total. The summed E-state index contributed by atoms with van der Waals surface area (Å²) in [7, 11) is 0. The third-order valence-corrected chi connectivity index (χ3v) is 11.6. The summed E-state index contributed by atoms with van der Waals surface area (Å²) in [6, 6.07) is 0. The lowest BCUT2D eigenvalue weighted by atomic mass is 9.77. The lowest BCUT2D eigenvalue weighted by Gasteiger charge is -2.28. The second-order valence-corrected chi connectivity index (χ2v) is 14.8. The maximum Gasteiger partial charge on any atom is 0.0942 e. The predicted molar refractivity (Wildman–Crippen MR) is 156 cm³/mol. The van der Waals surface area contributed by atoms with E-state index in [4.69, 9.17) is 18.9 Å². The molecule has 0 aromatic rings. The molecule has 0 spiro atoms. The molecule has 0 aromatic carbocycles. The van der Waals surface area contributed by atoms with Crippen LogP contribution in [-0.4, -0.2) is 48.8 Å².